The Bertz CT molecular complexity index is 799. The van der Waals surface area contributed by atoms with Crippen molar-refractivity contribution in [3.63, 3.8) is 0 Å². The van der Waals surface area contributed by atoms with Gasteiger partial charge in [0, 0.05) is 25.6 Å². The maximum absolute atomic E-state index is 12.7. The van der Waals surface area contributed by atoms with E-state index >= 15 is 0 Å². The van der Waals surface area contributed by atoms with E-state index < -0.39 is 0 Å². The lowest BCUT2D eigenvalue weighted by Gasteiger charge is -2.32. The average molecular weight is 370 g/mol. The SMILES string of the molecule is CCOCC1CCCN(C(=O)Nc2cnn(-c3cc(C)ccc3C)c2C)C1. The molecule has 1 fully saturated rings. The van der Waals surface area contributed by atoms with E-state index in [2.05, 4.69) is 42.5 Å². The predicted molar refractivity (Wildman–Crippen MR) is 108 cm³/mol. The fourth-order valence-electron chi connectivity index (χ4n) is 3.59. The number of urea groups is 1. The molecule has 3 rings (SSSR count). The van der Waals surface area contributed by atoms with Gasteiger partial charge in [-0.1, -0.05) is 12.1 Å². The summed E-state index contributed by atoms with van der Waals surface area (Å²) in [7, 11) is 0. The normalized spacial score (nSPS) is 17.2. The molecule has 0 spiro atoms. The molecular weight excluding hydrogens is 340 g/mol. The van der Waals surface area contributed by atoms with Crippen LogP contribution in [0.4, 0.5) is 10.5 Å². The summed E-state index contributed by atoms with van der Waals surface area (Å²) in [5, 5.41) is 7.55. The molecule has 1 aromatic heterocycles. The van der Waals surface area contributed by atoms with E-state index in [4.69, 9.17) is 4.74 Å². The molecule has 0 radical (unpaired) electrons. The van der Waals surface area contributed by atoms with Crippen LogP contribution < -0.4 is 5.32 Å². The molecular formula is C21H30N4O2. The first-order valence-electron chi connectivity index (χ1n) is 9.75. The van der Waals surface area contributed by atoms with E-state index in [0.717, 1.165) is 61.8 Å². The molecule has 1 aliphatic heterocycles. The summed E-state index contributed by atoms with van der Waals surface area (Å²) < 4.78 is 7.43. The van der Waals surface area contributed by atoms with E-state index in [1.807, 2.05) is 23.4 Å². The molecule has 6 nitrogen and oxygen atoms in total. The number of nitrogens with zero attached hydrogens (tertiary/aromatic N) is 3. The van der Waals surface area contributed by atoms with Crippen molar-refractivity contribution < 1.29 is 9.53 Å². The minimum atomic E-state index is -0.0557. The van der Waals surface area contributed by atoms with Gasteiger partial charge in [-0.2, -0.15) is 5.10 Å². The van der Waals surface area contributed by atoms with Crippen LogP contribution in [0, 0.1) is 26.7 Å². The van der Waals surface area contributed by atoms with Crippen LogP contribution in [0.15, 0.2) is 24.4 Å². The van der Waals surface area contributed by atoms with Crippen molar-refractivity contribution >= 4 is 11.7 Å². The molecule has 1 unspecified atom stereocenters. The van der Waals surface area contributed by atoms with Crippen molar-refractivity contribution in [2.45, 2.75) is 40.5 Å². The molecule has 27 heavy (non-hydrogen) atoms. The Balaban J connectivity index is 1.70. The first kappa shape index (κ1) is 19.4. The monoisotopic (exact) mass is 370 g/mol. The van der Waals surface area contributed by atoms with Gasteiger partial charge in [0.2, 0.25) is 0 Å². The lowest BCUT2D eigenvalue weighted by Crippen LogP contribution is -2.43. The summed E-state index contributed by atoms with van der Waals surface area (Å²) in [6.07, 6.45) is 3.87. The van der Waals surface area contributed by atoms with E-state index in [9.17, 15) is 4.79 Å². The predicted octanol–water partition coefficient (Wildman–Crippen LogP) is 4.08. The summed E-state index contributed by atoms with van der Waals surface area (Å²) in [6.45, 7) is 11.1. The second-order valence-electron chi connectivity index (χ2n) is 7.39. The van der Waals surface area contributed by atoms with Gasteiger partial charge in [0.05, 0.1) is 29.9 Å². The molecule has 0 bridgehead atoms. The van der Waals surface area contributed by atoms with Gasteiger partial charge in [-0.3, -0.25) is 0 Å². The minimum absolute atomic E-state index is 0.0557. The highest BCUT2D eigenvalue weighted by Gasteiger charge is 2.24. The number of ether oxygens (including phenoxy) is 1. The third kappa shape index (κ3) is 4.50. The van der Waals surface area contributed by atoms with Crippen molar-refractivity contribution in [1.29, 1.82) is 0 Å². The molecule has 1 saturated heterocycles. The highest BCUT2D eigenvalue weighted by atomic mass is 16.5. The molecule has 0 saturated carbocycles. The van der Waals surface area contributed by atoms with Gasteiger partial charge in [-0.15, -0.1) is 0 Å². The highest BCUT2D eigenvalue weighted by Crippen LogP contribution is 2.23. The number of amides is 2. The number of hydrogen-bond acceptors (Lipinski definition) is 3. The number of aryl methyl sites for hydroxylation is 2. The van der Waals surface area contributed by atoms with Gasteiger partial charge in [0.1, 0.15) is 0 Å². The van der Waals surface area contributed by atoms with Gasteiger partial charge < -0.3 is 15.0 Å². The maximum atomic E-state index is 12.7. The third-order valence-corrected chi connectivity index (χ3v) is 5.21. The van der Waals surface area contributed by atoms with Crippen molar-refractivity contribution in [2.75, 3.05) is 31.6 Å². The van der Waals surface area contributed by atoms with Gasteiger partial charge in [0.15, 0.2) is 0 Å². The van der Waals surface area contributed by atoms with Crippen molar-refractivity contribution in [1.82, 2.24) is 14.7 Å². The zero-order valence-electron chi connectivity index (χ0n) is 16.8. The number of nitrogens with one attached hydrogen (secondary N) is 1. The van der Waals surface area contributed by atoms with Crippen LogP contribution in [0.5, 0.6) is 0 Å². The van der Waals surface area contributed by atoms with Crippen LogP contribution in [0.2, 0.25) is 0 Å². The average Bonchev–Trinajstić information content (AvgIpc) is 3.02. The Hall–Kier alpha value is -2.34. The zero-order chi connectivity index (χ0) is 19.4. The number of aromatic nitrogens is 2. The Morgan fingerprint density at radius 1 is 1.33 bits per heavy atom. The van der Waals surface area contributed by atoms with Crippen LogP contribution in [-0.4, -0.2) is 47.0 Å². The maximum Gasteiger partial charge on any atom is 0.321 e. The molecule has 2 aromatic rings. The summed E-state index contributed by atoms with van der Waals surface area (Å²) in [4.78, 5) is 14.6. The minimum Gasteiger partial charge on any atom is -0.381 e. The van der Waals surface area contributed by atoms with E-state index in [-0.39, 0.29) is 6.03 Å². The third-order valence-electron chi connectivity index (χ3n) is 5.21. The Morgan fingerprint density at radius 3 is 2.93 bits per heavy atom. The molecule has 2 heterocycles. The molecule has 2 amide bonds. The molecule has 1 aliphatic rings. The van der Waals surface area contributed by atoms with Crippen LogP contribution in [-0.2, 0) is 4.74 Å². The number of likely N-dealkylation sites (tertiary alicyclic amines) is 1. The van der Waals surface area contributed by atoms with Gasteiger partial charge in [-0.25, -0.2) is 9.48 Å². The number of hydrogen-bond donors (Lipinski definition) is 1. The van der Waals surface area contributed by atoms with E-state index in [1.165, 1.54) is 5.56 Å². The van der Waals surface area contributed by atoms with Crippen LogP contribution in [0.3, 0.4) is 0 Å². The van der Waals surface area contributed by atoms with Gasteiger partial charge >= 0.3 is 6.03 Å². The van der Waals surface area contributed by atoms with E-state index in [1.54, 1.807) is 6.20 Å². The van der Waals surface area contributed by atoms with Crippen molar-refractivity contribution in [3.8, 4) is 5.69 Å². The number of piperidine rings is 1. The topological polar surface area (TPSA) is 59.4 Å². The fraction of sp³-hybridized carbons (Fsp3) is 0.524. The number of benzene rings is 1. The van der Waals surface area contributed by atoms with Crippen LogP contribution in [0.1, 0.15) is 36.6 Å². The lowest BCUT2D eigenvalue weighted by atomic mass is 9.99. The Kier molecular flexibility index (Phi) is 6.16. The summed E-state index contributed by atoms with van der Waals surface area (Å²) in [6, 6.07) is 6.25. The number of carbonyl (C=O) groups is 1. The van der Waals surface area contributed by atoms with Crippen molar-refractivity contribution in [3.05, 3.63) is 41.2 Å². The molecule has 6 heteroatoms. The van der Waals surface area contributed by atoms with E-state index in [0.29, 0.717) is 5.92 Å². The lowest BCUT2D eigenvalue weighted by molar-refractivity contribution is 0.0777. The zero-order valence-corrected chi connectivity index (χ0v) is 16.8. The molecule has 1 aromatic carbocycles. The number of anilines is 1. The fourth-order valence-corrected chi connectivity index (χ4v) is 3.59. The first-order chi connectivity index (χ1) is 13.0. The largest absolute Gasteiger partial charge is 0.381 e. The summed E-state index contributed by atoms with van der Waals surface area (Å²) >= 11 is 0. The summed E-state index contributed by atoms with van der Waals surface area (Å²) in [5.41, 5.74) is 5.07. The second-order valence-corrected chi connectivity index (χ2v) is 7.39. The smallest absolute Gasteiger partial charge is 0.321 e. The second kappa shape index (κ2) is 8.57. The summed E-state index contributed by atoms with van der Waals surface area (Å²) in [5.74, 6) is 0.420. The number of carbonyl (C=O) groups excluding carboxylic acids is 1. The highest BCUT2D eigenvalue weighted by molar-refractivity contribution is 5.90. The Morgan fingerprint density at radius 2 is 2.15 bits per heavy atom. The molecule has 0 aliphatic carbocycles. The van der Waals surface area contributed by atoms with Crippen molar-refractivity contribution in [2.24, 2.45) is 5.92 Å². The molecule has 1 N–H and O–H groups in total. The van der Waals surface area contributed by atoms with Gasteiger partial charge in [-0.05, 0) is 57.7 Å². The molecule has 146 valence electrons. The Labute approximate surface area is 161 Å². The van der Waals surface area contributed by atoms with Crippen LogP contribution >= 0.6 is 0 Å². The first-order valence-corrected chi connectivity index (χ1v) is 9.75. The standard InChI is InChI=1S/C21H30N4O2/c1-5-27-14-18-7-6-10-24(13-18)21(26)23-19-12-22-25(17(19)4)20-11-15(2)8-9-16(20)3/h8-9,11-12,18H,5-7,10,13-14H2,1-4H3,(H,23,26). The molecule has 1 atom stereocenters. The van der Waals surface area contributed by atoms with Gasteiger partial charge in [0.25, 0.3) is 0 Å². The van der Waals surface area contributed by atoms with Crippen LogP contribution in [0.25, 0.3) is 5.69 Å². The quantitative estimate of drug-likeness (QED) is 0.863. The number of rotatable bonds is 5.